The molecule has 0 aromatic heterocycles. The van der Waals surface area contributed by atoms with E-state index in [0.717, 1.165) is 12.0 Å². The summed E-state index contributed by atoms with van der Waals surface area (Å²) < 4.78 is 0. The zero-order valence-corrected chi connectivity index (χ0v) is 12.1. The van der Waals surface area contributed by atoms with Gasteiger partial charge in [0.15, 0.2) is 0 Å². The summed E-state index contributed by atoms with van der Waals surface area (Å²) in [6.45, 7) is 4.39. The molecule has 2 unspecified atom stereocenters. The zero-order chi connectivity index (χ0) is 14.4. The van der Waals surface area contributed by atoms with Gasteiger partial charge >= 0.3 is 5.97 Å². The van der Waals surface area contributed by atoms with Gasteiger partial charge in [-0.25, -0.2) is 4.79 Å². The highest BCUT2D eigenvalue weighted by Crippen LogP contribution is 2.24. The van der Waals surface area contributed by atoms with Crippen molar-refractivity contribution in [2.24, 2.45) is 0 Å². The Morgan fingerprint density at radius 1 is 1.26 bits per heavy atom. The summed E-state index contributed by atoms with van der Waals surface area (Å²) >= 11 is 0. The Balaban J connectivity index is 2.95. The van der Waals surface area contributed by atoms with Crippen LogP contribution in [0.15, 0.2) is 36.4 Å². The molecule has 1 aromatic rings. The molecule has 1 N–H and O–H groups in total. The maximum Gasteiger partial charge on any atom is 0.328 e. The first-order valence-corrected chi connectivity index (χ1v) is 6.63. The minimum Gasteiger partial charge on any atom is -0.478 e. The summed E-state index contributed by atoms with van der Waals surface area (Å²) in [5.74, 6) is -0.357. The van der Waals surface area contributed by atoms with Crippen LogP contribution in [0.4, 0.5) is 0 Å². The van der Waals surface area contributed by atoms with E-state index < -0.39 is 5.97 Å². The molecule has 1 rings (SSSR count). The van der Waals surface area contributed by atoms with Gasteiger partial charge < -0.3 is 5.11 Å². The molecule has 0 radical (unpaired) electrons. The average Bonchev–Trinajstić information content (AvgIpc) is 2.38. The van der Waals surface area contributed by atoms with Crippen LogP contribution in [0.3, 0.4) is 0 Å². The third kappa shape index (κ3) is 4.52. The number of hydrogen-bond donors (Lipinski definition) is 1. The highest BCUT2D eigenvalue weighted by Gasteiger charge is 2.11. The number of nitrogens with zero attached hydrogens (tertiary/aromatic N) is 1. The number of rotatable bonds is 6. The first kappa shape index (κ1) is 15.4. The van der Waals surface area contributed by atoms with E-state index in [1.54, 1.807) is 6.08 Å². The van der Waals surface area contributed by atoms with Gasteiger partial charge in [0.05, 0.1) is 6.04 Å². The Hall–Kier alpha value is -1.61. The van der Waals surface area contributed by atoms with Crippen LogP contribution in [-0.2, 0) is 4.79 Å². The van der Waals surface area contributed by atoms with E-state index in [-0.39, 0.29) is 6.04 Å². The van der Waals surface area contributed by atoms with Crippen LogP contribution in [0.5, 0.6) is 0 Å². The quantitative estimate of drug-likeness (QED) is 0.797. The van der Waals surface area contributed by atoms with Crippen molar-refractivity contribution in [2.45, 2.75) is 32.2 Å². The van der Waals surface area contributed by atoms with Crippen LogP contribution in [0.25, 0.3) is 0 Å². The standard InChI is InChI=1S/C16H23NO2/c1-5-12(2)13-6-8-14(9-7-13)15(17(3)4)10-11-16(18)19/h6-12,15H,5H2,1-4H3,(H,18,19)/b11-10+. The molecule has 0 aliphatic carbocycles. The van der Waals surface area contributed by atoms with Gasteiger partial charge in [-0.3, -0.25) is 4.90 Å². The van der Waals surface area contributed by atoms with Crippen LogP contribution in [0, 0.1) is 0 Å². The van der Waals surface area contributed by atoms with E-state index in [1.165, 1.54) is 11.6 Å². The summed E-state index contributed by atoms with van der Waals surface area (Å²) in [4.78, 5) is 12.6. The van der Waals surface area contributed by atoms with Gasteiger partial charge in [0, 0.05) is 6.08 Å². The molecule has 2 atom stereocenters. The smallest absolute Gasteiger partial charge is 0.328 e. The van der Waals surface area contributed by atoms with Crippen molar-refractivity contribution in [1.82, 2.24) is 4.90 Å². The molecule has 3 heteroatoms. The monoisotopic (exact) mass is 261 g/mol. The third-order valence-electron chi connectivity index (χ3n) is 3.44. The molecule has 0 saturated carbocycles. The van der Waals surface area contributed by atoms with Gasteiger partial charge in [0.25, 0.3) is 0 Å². The van der Waals surface area contributed by atoms with Gasteiger partial charge in [-0.2, -0.15) is 0 Å². The Morgan fingerprint density at radius 3 is 2.21 bits per heavy atom. The summed E-state index contributed by atoms with van der Waals surface area (Å²) in [5, 5.41) is 8.73. The van der Waals surface area contributed by atoms with Crippen LogP contribution in [0.1, 0.15) is 43.4 Å². The lowest BCUT2D eigenvalue weighted by Crippen LogP contribution is -2.18. The minimum atomic E-state index is -0.914. The van der Waals surface area contributed by atoms with E-state index >= 15 is 0 Å². The van der Waals surface area contributed by atoms with Crippen molar-refractivity contribution in [3.63, 3.8) is 0 Å². The van der Waals surface area contributed by atoms with Gasteiger partial charge in [-0.15, -0.1) is 0 Å². The van der Waals surface area contributed by atoms with Gasteiger partial charge in [0.2, 0.25) is 0 Å². The van der Waals surface area contributed by atoms with E-state index in [9.17, 15) is 4.79 Å². The highest BCUT2D eigenvalue weighted by molar-refractivity contribution is 5.79. The molecule has 0 heterocycles. The first-order valence-electron chi connectivity index (χ1n) is 6.63. The molecular weight excluding hydrogens is 238 g/mol. The lowest BCUT2D eigenvalue weighted by molar-refractivity contribution is -0.131. The van der Waals surface area contributed by atoms with Crippen LogP contribution < -0.4 is 0 Å². The summed E-state index contributed by atoms with van der Waals surface area (Å²) in [7, 11) is 3.89. The summed E-state index contributed by atoms with van der Waals surface area (Å²) in [6.07, 6.45) is 4.03. The summed E-state index contributed by atoms with van der Waals surface area (Å²) in [5.41, 5.74) is 2.43. The first-order chi connectivity index (χ1) is 8.95. The largest absolute Gasteiger partial charge is 0.478 e. The van der Waals surface area contributed by atoms with Crippen molar-refractivity contribution in [3.8, 4) is 0 Å². The third-order valence-corrected chi connectivity index (χ3v) is 3.44. The molecule has 0 spiro atoms. The maximum absolute atomic E-state index is 10.6. The Labute approximate surface area is 115 Å². The fourth-order valence-electron chi connectivity index (χ4n) is 2.01. The average molecular weight is 261 g/mol. The van der Waals surface area contributed by atoms with Crippen molar-refractivity contribution < 1.29 is 9.90 Å². The van der Waals surface area contributed by atoms with Crippen LogP contribution in [0.2, 0.25) is 0 Å². The molecule has 0 saturated heterocycles. The number of benzene rings is 1. The van der Waals surface area contributed by atoms with Crippen molar-refractivity contribution >= 4 is 5.97 Å². The van der Waals surface area contributed by atoms with Crippen molar-refractivity contribution in [2.75, 3.05) is 14.1 Å². The van der Waals surface area contributed by atoms with Crippen molar-refractivity contribution in [3.05, 3.63) is 47.5 Å². The number of aliphatic carboxylic acids is 1. The molecule has 0 fully saturated rings. The Bertz CT molecular complexity index is 435. The second kappa shape index (κ2) is 7.10. The maximum atomic E-state index is 10.6. The SMILES string of the molecule is CCC(C)c1ccc(C(/C=C/C(=O)O)N(C)C)cc1. The predicted molar refractivity (Wildman–Crippen MR) is 78.4 cm³/mol. The minimum absolute atomic E-state index is 0.0120. The fourth-order valence-corrected chi connectivity index (χ4v) is 2.01. The lowest BCUT2D eigenvalue weighted by atomic mass is 9.95. The highest BCUT2D eigenvalue weighted by atomic mass is 16.4. The molecule has 0 aliphatic heterocycles. The van der Waals surface area contributed by atoms with Gasteiger partial charge in [-0.1, -0.05) is 44.2 Å². The number of likely N-dealkylation sites (N-methyl/N-ethyl adjacent to an activating group) is 1. The van der Waals surface area contributed by atoms with Gasteiger partial charge in [-0.05, 0) is 37.6 Å². The van der Waals surface area contributed by atoms with Crippen LogP contribution >= 0.6 is 0 Å². The van der Waals surface area contributed by atoms with Crippen molar-refractivity contribution in [1.29, 1.82) is 0 Å². The fraction of sp³-hybridized carbons (Fsp3) is 0.438. The number of hydrogen-bond acceptors (Lipinski definition) is 2. The molecule has 0 bridgehead atoms. The van der Waals surface area contributed by atoms with E-state index in [0.29, 0.717) is 5.92 Å². The normalized spacial score (nSPS) is 14.8. The number of carbonyl (C=O) groups is 1. The molecular formula is C16H23NO2. The Kier molecular flexibility index (Phi) is 5.77. The molecule has 0 amide bonds. The lowest BCUT2D eigenvalue weighted by Gasteiger charge is -2.22. The second-order valence-electron chi connectivity index (χ2n) is 5.08. The summed E-state index contributed by atoms with van der Waals surface area (Å²) in [6, 6.07) is 8.42. The van der Waals surface area contributed by atoms with E-state index in [4.69, 9.17) is 5.11 Å². The number of carboxylic acid groups (broad SMARTS) is 1. The predicted octanol–water partition coefficient (Wildman–Crippen LogP) is 3.44. The second-order valence-corrected chi connectivity index (χ2v) is 5.08. The Morgan fingerprint density at radius 2 is 1.79 bits per heavy atom. The van der Waals surface area contributed by atoms with Gasteiger partial charge in [0.1, 0.15) is 0 Å². The molecule has 0 aliphatic rings. The van der Waals surface area contributed by atoms with E-state index in [2.05, 4.69) is 38.1 Å². The zero-order valence-electron chi connectivity index (χ0n) is 12.1. The molecule has 19 heavy (non-hydrogen) atoms. The van der Waals surface area contributed by atoms with Crippen LogP contribution in [-0.4, -0.2) is 30.1 Å². The topological polar surface area (TPSA) is 40.5 Å². The number of carboxylic acids is 1. The molecule has 1 aromatic carbocycles. The molecule has 3 nitrogen and oxygen atoms in total. The molecule has 104 valence electrons. The van der Waals surface area contributed by atoms with E-state index in [1.807, 2.05) is 19.0 Å².